The zero-order chi connectivity index (χ0) is 21.3. The third-order valence-electron chi connectivity index (χ3n) is 4.34. The molecule has 0 heterocycles. The fraction of sp³-hybridized carbons (Fsp3) is 0.208. The van der Waals surface area contributed by atoms with E-state index in [0.29, 0.717) is 35.4 Å². The summed E-state index contributed by atoms with van der Waals surface area (Å²) in [6.07, 6.45) is 0. The molecule has 0 saturated heterocycles. The molecule has 2 N–H and O–H groups in total. The van der Waals surface area contributed by atoms with Crippen LogP contribution < -0.4 is 20.1 Å². The Morgan fingerprint density at radius 1 is 0.900 bits per heavy atom. The van der Waals surface area contributed by atoms with Gasteiger partial charge in [0, 0.05) is 22.9 Å². The van der Waals surface area contributed by atoms with E-state index in [1.54, 1.807) is 24.3 Å². The van der Waals surface area contributed by atoms with Crippen LogP contribution in [0.2, 0.25) is 5.02 Å². The Labute approximate surface area is 182 Å². The first-order valence-corrected chi connectivity index (χ1v) is 10.2. The van der Waals surface area contributed by atoms with Crippen LogP contribution in [-0.2, 0) is 11.3 Å². The second-order valence-corrected chi connectivity index (χ2v) is 7.21. The lowest BCUT2D eigenvalue weighted by atomic mass is 10.2. The van der Waals surface area contributed by atoms with Crippen LogP contribution in [-0.4, -0.2) is 19.1 Å². The summed E-state index contributed by atoms with van der Waals surface area (Å²) < 4.78 is 11.4. The first-order chi connectivity index (χ1) is 14.5. The quantitative estimate of drug-likeness (QED) is 0.464. The van der Waals surface area contributed by atoms with Gasteiger partial charge in [-0.2, -0.15) is 0 Å². The number of ether oxygens (including phenoxy) is 2. The van der Waals surface area contributed by atoms with Crippen molar-refractivity contribution >= 4 is 28.9 Å². The molecule has 3 aromatic carbocycles. The molecule has 1 amide bonds. The summed E-state index contributed by atoms with van der Waals surface area (Å²) in [5, 5.41) is 6.77. The average Bonchev–Trinajstić information content (AvgIpc) is 2.74. The standard InChI is InChI=1S/C24H25ClN2O3/c1-3-29-23-14-18(15-26-20-9-4-17(2)5-10-20)6-13-22(23)30-16-24(28)27-21-11-7-19(25)8-12-21/h4-14,26H,3,15-16H2,1-2H3,(H,27,28). The summed E-state index contributed by atoms with van der Waals surface area (Å²) in [7, 11) is 0. The molecule has 0 unspecified atom stereocenters. The molecule has 6 heteroatoms. The van der Waals surface area contributed by atoms with Crippen LogP contribution in [0.25, 0.3) is 0 Å². The van der Waals surface area contributed by atoms with Gasteiger partial charge in [0.05, 0.1) is 6.61 Å². The van der Waals surface area contributed by atoms with Crippen molar-refractivity contribution in [1.82, 2.24) is 0 Å². The zero-order valence-corrected chi connectivity index (χ0v) is 17.8. The first kappa shape index (κ1) is 21.5. The van der Waals surface area contributed by atoms with Crippen molar-refractivity contribution in [2.45, 2.75) is 20.4 Å². The van der Waals surface area contributed by atoms with Gasteiger partial charge in [0.2, 0.25) is 0 Å². The monoisotopic (exact) mass is 424 g/mol. The largest absolute Gasteiger partial charge is 0.490 e. The van der Waals surface area contributed by atoms with E-state index in [1.807, 2.05) is 25.1 Å². The minimum Gasteiger partial charge on any atom is -0.490 e. The van der Waals surface area contributed by atoms with Crippen molar-refractivity contribution in [2.75, 3.05) is 23.8 Å². The van der Waals surface area contributed by atoms with Crippen LogP contribution in [0, 0.1) is 6.92 Å². The van der Waals surface area contributed by atoms with Gasteiger partial charge in [-0.1, -0.05) is 35.4 Å². The van der Waals surface area contributed by atoms with Gasteiger partial charge >= 0.3 is 0 Å². The van der Waals surface area contributed by atoms with Crippen molar-refractivity contribution in [1.29, 1.82) is 0 Å². The van der Waals surface area contributed by atoms with Gasteiger partial charge in [0.1, 0.15) is 0 Å². The maximum Gasteiger partial charge on any atom is 0.262 e. The molecule has 30 heavy (non-hydrogen) atoms. The second kappa shape index (κ2) is 10.6. The number of carbonyl (C=O) groups excluding carboxylic acids is 1. The Kier molecular flexibility index (Phi) is 7.57. The predicted molar refractivity (Wildman–Crippen MR) is 122 cm³/mol. The highest BCUT2D eigenvalue weighted by atomic mass is 35.5. The molecule has 0 aliphatic carbocycles. The Balaban J connectivity index is 1.59. The highest BCUT2D eigenvalue weighted by Crippen LogP contribution is 2.29. The van der Waals surface area contributed by atoms with Gasteiger partial charge < -0.3 is 20.1 Å². The number of halogens is 1. The van der Waals surface area contributed by atoms with E-state index in [4.69, 9.17) is 21.1 Å². The minimum atomic E-state index is -0.259. The van der Waals surface area contributed by atoms with Crippen molar-refractivity contribution in [3.63, 3.8) is 0 Å². The van der Waals surface area contributed by atoms with E-state index in [0.717, 1.165) is 11.3 Å². The molecule has 0 radical (unpaired) electrons. The number of benzene rings is 3. The van der Waals surface area contributed by atoms with Gasteiger partial charge in [0.25, 0.3) is 5.91 Å². The number of carbonyl (C=O) groups is 1. The lowest BCUT2D eigenvalue weighted by molar-refractivity contribution is -0.118. The Bertz CT molecular complexity index is 973. The topological polar surface area (TPSA) is 59.6 Å². The fourth-order valence-electron chi connectivity index (χ4n) is 2.80. The molecule has 3 rings (SSSR count). The van der Waals surface area contributed by atoms with Crippen LogP contribution in [0.1, 0.15) is 18.1 Å². The van der Waals surface area contributed by atoms with E-state index in [-0.39, 0.29) is 12.5 Å². The van der Waals surface area contributed by atoms with Crippen LogP contribution in [0.15, 0.2) is 66.7 Å². The summed E-state index contributed by atoms with van der Waals surface area (Å²) in [6.45, 7) is 5.01. The third-order valence-corrected chi connectivity index (χ3v) is 4.59. The zero-order valence-electron chi connectivity index (χ0n) is 17.1. The molecule has 0 aliphatic rings. The highest BCUT2D eigenvalue weighted by molar-refractivity contribution is 6.30. The molecular formula is C24H25ClN2O3. The Morgan fingerprint density at radius 2 is 1.60 bits per heavy atom. The number of amides is 1. The molecule has 0 atom stereocenters. The van der Waals surface area contributed by atoms with Crippen LogP contribution in [0.3, 0.4) is 0 Å². The summed E-state index contributed by atoms with van der Waals surface area (Å²) in [5.41, 5.74) is 3.99. The predicted octanol–water partition coefficient (Wildman–Crippen LogP) is 5.68. The molecule has 0 bridgehead atoms. The molecule has 5 nitrogen and oxygen atoms in total. The molecule has 3 aromatic rings. The molecule has 0 spiro atoms. The number of aryl methyl sites for hydroxylation is 1. The van der Waals surface area contributed by atoms with Gasteiger partial charge in [-0.25, -0.2) is 0 Å². The van der Waals surface area contributed by atoms with Crippen molar-refractivity contribution < 1.29 is 14.3 Å². The maximum atomic E-state index is 12.2. The molecule has 0 aliphatic heterocycles. The average molecular weight is 425 g/mol. The van der Waals surface area contributed by atoms with E-state index < -0.39 is 0 Å². The number of rotatable bonds is 9. The Morgan fingerprint density at radius 3 is 2.30 bits per heavy atom. The van der Waals surface area contributed by atoms with Gasteiger partial charge in [-0.15, -0.1) is 0 Å². The highest BCUT2D eigenvalue weighted by Gasteiger charge is 2.10. The smallest absolute Gasteiger partial charge is 0.262 e. The Hall–Kier alpha value is -3.18. The normalized spacial score (nSPS) is 10.4. The summed E-state index contributed by atoms with van der Waals surface area (Å²) in [6, 6.07) is 20.9. The van der Waals surface area contributed by atoms with Crippen molar-refractivity contribution in [3.8, 4) is 11.5 Å². The van der Waals surface area contributed by atoms with Crippen molar-refractivity contribution in [2.24, 2.45) is 0 Å². The lowest BCUT2D eigenvalue weighted by Gasteiger charge is -2.14. The van der Waals surface area contributed by atoms with Gasteiger partial charge in [-0.3, -0.25) is 4.79 Å². The molecule has 0 aromatic heterocycles. The molecular weight excluding hydrogens is 400 g/mol. The fourth-order valence-corrected chi connectivity index (χ4v) is 2.93. The van der Waals surface area contributed by atoms with E-state index in [9.17, 15) is 4.79 Å². The van der Waals surface area contributed by atoms with Gasteiger partial charge in [-0.05, 0) is 67.9 Å². The van der Waals surface area contributed by atoms with E-state index >= 15 is 0 Å². The third kappa shape index (κ3) is 6.42. The SMILES string of the molecule is CCOc1cc(CNc2ccc(C)cc2)ccc1OCC(=O)Nc1ccc(Cl)cc1. The summed E-state index contributed by atoms with van der Waals surface area (Å²) in [4.78, 5) is 12.2. The number of nitrogens with one attached hydrogen (secondary N) is 2. The van der Waals surface area contributed by atoms with E-state index in [2.05, 4.69) is 41.8 Å². The van der Waals surface area contributed by atoms with Crippen LogP contribution in [0.4, 0.5) is 11.4 Å². The number of hydrogen-bond donors (Lipinski definition) is 2. The summed E-state index contributed by atoms with van der Waals surface area (Å²) >= 11 is 5.86. The van der Waals surface area contributed by atoms with Crippen LogP contribution >= 0.6 is 11.6 Å². The second-order valence-electron chi connectivity index (χ2n) is 6.78. The summed E-state index contributed by atoms with van der Waals surface area (Å²) in [5.74, 6) is 0.882. The molecule has 0 fully saturated rings. The number of hydrogen-bond acceptors (Lipinski definition) is 4. The lowest BCUT2D eigenvalue weighted by Crippen LogP contribution is -2.20. The van der Waals surface area contributed by atoms with E-state index in [1.165, 1.54) is 5.56 Å². The van der Waals surface area contributed by atoms with Gasteiger partial charge in [0.15, 0.2) is 18.1 Å². The van der Waals surface area contributed by atoms with Crippen molar-refractivity contribution in [3.05, 3.63) is 82.9 Å². The number of anilines is 2. The molecule has 156 valence electrons. The van der Waals surface area contributed by atoms with Crippen LogP contribution in [0.5, 0.6) is 11.5 Å². The molecule has 0 saturated carbocycles. The first-order valence-electron chi connectivity index (χ1n) is 9.78. The minimum absolute atomic E-state index is 0.121. The maximum absolute atomic E-state index is 12.2.